The first-order chi connectivity index (χ1) is 7.50. The molecule has 0 bridgehead atoms. The van der Waals surface area contributed by atoms with Crippen LogP contribution in [0.5, 0.6) is 0 Å². The maximum absolute atomic E-state index is 12.8. The molecule has 0 aromatic carbocycles. The molecule has 0 radical (unpaired) electrons. The highest BCUT2D eigenvalue weighted by molar-refractivity contribution is 5.80. The summed E-state index contributed by atoms with van der Waals surface area (Å²) >= 11 is 0. The van der Waals surface area contributed by atoms with Crippen molar-refractivity contribution in [2.24, 2.45) is 0 Å². The third-order valence-electron chi connectivity index (χ3n) is 2.19. The van der Waals surface area contributed by atoms with Crippen molar-refractivity contribution in [1.82, 2.24) is 15.2 Å². The van der Waals surface area contributed by atoms with Crippen LogP contribution in [0.2, 0.25) is 0 Å². The van der Waals surface area contributed by atoms with Gasteiger partial charge in [0.1, 0.15) is 5.82 Å². The third-order valence-corrected chi connectivity index (χ3v) is 2.19. The molecular weight excluding hydrogens is 209 g/mol. The predicted molar refractivity (Wildman–Crippen MR) is 59.2 cm³/mol. The number of nitrogens with one attached hydrogen (secondary N) is 1. The zero-order chi connectivity index (χ0) is 12.1. The average molecular weight is 225 g/mol. The number of aromatic nitrogens is 1. The highest BCUT2D eigenvalue weighted by Crippen LogP contribution is 2.01. The number of carbonyl (C=O) groups is 1. The normalized spacial score (nSPS) is 12.2. The molecule has 1 N–H and O–H groups in total. The Kier molecular flexibility index (Phi) is 4.37. The van der Waals surface area contributed by atoms with E-state index in [1.165, 1.54) is 11.0 Å². The Morgan fingerprint density at radius 1 is 1.56 bits per heavy atom. The molecule has 1 heterocycles. The first kappa shape index (κ1) is 12.6. The molecule has 1 atom stereocenters. The van der Waals surface area contributed by atoms with Gasteiger partial charge in [-0.2, -0.15) is 0 Å². The molecule has 16 heavy (non-hydrogen) atoms. The molecule has 5 heteroatoms. The standard InChI is InChI=1S/C11H16FN3O/c1-8(11(16)15(2)3)14-6-9-4-10(12)7-13-5-9/h4-5,7-8,14H,6H2,1-3H3. The minimum atomic E-state index is -0.370. The minimum Gasteiger partial charge on any atom is -0.347 e. The summed E-state index contributed by atoms with van der Waals surface area (Å²) in [5.74, 6) is -0.379. The van der Waals surface area contributed by atoms with Gasteiger partial charge in [-0.3, -0.25) is 9.78 Å². The lowest BCUT2D eigenvalue weighted by molar-refractivity contribution is -0.130. The van der Waals surface area contributed by atoms with Crippen LogP contribution in [0.3, 0.4) is 0 Å². The van der Waals surface area contributed by atoms with Gasteiger partial charge >= 0.3 is 0 Å². The third kappa shape index (κ3) is 3.58. The van der Waals surface area contributed by atoms with Crippen molar-refractivity contribution < 1.29 is 9.18 Å². The monoisotopic (exact) mass is 225 g/mol. The average Bonchev–Trinajstić information content (AvgIpc) is 2.24. The van der Waals surface area contributed by atoms with E-state index in [1.54, 1.807) is 27.2 Å². The molecule has 1 rings (SSSR count). The van der Waals surface area contributed by atoms with E-state index >= 15 is 0 Å². The van der Waals surface area contributed by atoms with Gasteiger partial charge in [0, 0.05) is 26.8 Å². The maximum atomic E-state index is 12.8. The molecule has 1 aromatic rings. The first-order valence-electron chi connectivity index (χ1n) is 5.04. The number of pyridine rings is 1. The number of hydrogen-bond donors (Lipinski definition) is 1. The molecule has 0 aliphatic heterocycles. The molecule has 1 aromatic heterocycles. The Labute approximate surface area is 94.5 Å². The summed E-state index contributed by atoms with van der Waals surface area (Å²) < 4.78 is 12.8. The molecule has 0 aliphatic rings. The lowest BCUT2D eigenvalue weighted by atomic mass is 10.2. The van der Waals surface area contributed by atoms with Crippen molar-refractivity contribution >= 4 is 5.91 Å². The van der Waals surface area contributed by atoms with Gasteiger partial charge in [0.2, 0.25) is 5.91 Å². The molecule has 0 saturated heterocycles. The topological polar surface area (TPSA) is 45.2 Å². The van der Waals surface area contributed by atoms with Gasteiger partial charge in [0.05, 0.1) is 12.2 Å². The SMILES string of the molecule is CC(NCc1cncc(F)c1)C(=O)N(C)C. The Bertz CT molecular complexity index is 368. The molecule has 1 unspecified atom stereocenters. The lowest BCUT2D eigenvalue weighted by Gasteiger charge is -2.17. The van der Waals surface area contributed by atoms with E-state index in [2.05, 4.69) is 10.3 Å². The van der Waals surface area contributed by atoms with Crippen molar-refractivity contribution in [3.8, 4) is 0 Å². The van der Waals surface area contributed by atoms with Crippen LogP contribution in [0.4, 0.5) is 4.39 Å². The number of likely N-dealkylation sites (N-methyl/N-ethyl adjacent to an activating group) is 1. The summed E-state index contributed by atoms with van der Waals surface area (Å²) in [6.45, 7) is 2.20. The quantitative estimate of drug-likeness (QED) is 0.824. The fourth-order valence-corrected chi connectivity index (χ4v) is 1.30. The number of amides is 1. The molecule has 88 valence electrons. The van der Waals surface area contributed by atoms with Crippen LogP contribution in [0.25, 0.3) is 0 Å². The van der Waals surface area contributed by atoms with Crippen LogP contribution >= 0.6 is 0 Å². The van der Waals surface area contributed by atoms with E-state index < -0.39 is 0 Å². The smallest absolute Gasteiger partial charge is 0.238 e. The van der Waals surface area contributed by atoms with Gasteiger partial charge in [-0.15, -0.1) is 0 Å². The number of halogens is 1. The van der Waals surface area contributed by atoms with Crippen LogP contribution in [-0.4, -0.2) is 35.9 Å². The van der Waals surface area contributed by atoms with Crippen molar-refractivity contribution in [2.75, 3.05) is 14.1 Å². The molecule has 0 spiro atoms. The molecule has 0 aliphatic carbocycles. The van der Waals surface area contributed by atoms with E-state index in [0.717, 1.165) is 11.8 Å². The van der Waals surface area contributed by atoms with Gasteiger partial charge in [-0.05, 0) is 18.6 Å². The largest absolute Gasteiger partial charge is 0.347 e. The van der Waals surface area contributed by atoms with Crippen LogP contribution in [-0.2, 0) is 11.3 Å². The zero-order valence-corrected chi connectivity index (χ0v) is 9.70. The summed E-state index contributed by atoms with van der Waals surface area (Å²) in [7, 11) is 3.40. The van der Waals surface area contributed by atoms with Gasteiger partial charge in [-0.25, -0.2) is 4.39 Å². The van der Waals surface area contributed by atoms with Crippen LogP contribution in [0.15, 0.2) is 18.5 Å². The maximum Gasteiger partial charge on any atom is 0.238 e. The summed E-state index contributed by atoms with van der Waals surface area (Å²) in [5, 5.41) is 3.01. The van der Waals surface area contributed by atoms with Crippen molar-refractivity contribution in [2.45, 2.75) is 19.5 Å². The Hall–Kier alpha value is -1.49. The number of hydrogen-bond acceptors (Lipinski definition) is 3. The van der Waals surface area contributed by atoms with Crippen molar-refractivity contribution in [3.05, 3.63) is 29.8 Å². The zero-order valence-electron chi connectivity index (χ0n) is 9.70. The summed E-state index contributed by atoms with van der Waals surface area (Å²) in [4.78, 5) is 16.8. The Balaban J connectivity index is 2.49. The second-order valence-electron chi connectivity index (χ2n) is 3.85. The Morgan fingerprint density at radius 3 is 2.81 bits per heavy atom. The van der Waals surface area contributed by atoms with Crippen LogP contribution in [0.1, 0.15) is 12.5 Å². The second kappa shape index (κ2) is 5.55. The lowest BCUT2D eigenvalue weighted by Crippen LogP contribution is -2.41. The van der Waals surface area contributed by atoms with E-state index in [9.17, 15) is 9.18 Å². The minimum absolute atomic E-state index is 0.00985. The van der Waals surface area contributed by atoms with Gasteiger partial charge in [-0.1, -0.05) is 0 Å². The Morgan fingerprint density at radius 2 is 2.25 bits per heavy atom. The fourth-order valence-electron chi connectivity index (χ4n) is 1.30. The summed E-state index contributed by atoms with van der Waals surface area (Å²) in [6.07, 6.45) is 2.72. The van der Waals surface area contributed by atoms with Crippen LogP contribution < -0.4 is 5.32 Å². The molecule has 0 fully saturated rings. The molecule has 1 amide bonds. The first-order valence-corrected chi connectivity index (χ1v) is 5.04. The summed E-state index contributed by atoms with van der Waals surface area (Å²) in [5.41, 5.74) is 0.721. The van der Waals surface area contributed by atoms with Gasteiger partial charge < -0.3 is 10.2 Å². The van der Waals surface area contributed by atoms with Gasteiger partial charge in [0.15, 0.2) is 0 Å². The van der Waals surface area contributed by atoms with E-state index in [0.29, 0.717) is 6.54 Å². The molecule has 4 nitrogen and oxygen atoms in total. The van der Waals surface area contributed by atoms with Gasteiger partial charge in [0.25, 0.3) is 0 Å². The number of carbonyl (C=O) groups excluding carboxylic acids is 1. The highest BCUT2D eigenvalue weighted by atomic mass is 19.1. The van der Waals surface area contributed by atoms with Crippen molar-refractivity contribution in [3.63, 3.8) is 0 Å². The summed E-state index contributed by atoms with van der Waals surface area (Å²) in [6, 6.07) is 1.10. The molecular formula is C11H16FN3O. The number of nitrogens with zero attached hydrogens (tertiary/aromatic N) is 2. The predicted octanol–water partition coefficient (Wildman–Crippen LogP) is 0.787. The van der Waals surface area contributed by atoms with E-state index in [-0.39, 0.29) is 17.8 Å². The van der Waals surface area contributed by atoms with E-state index in [1.807, 2.05) is 0 Å². The highest BCUT2D eigenvalue weighted by Gasteiger charge is 2.13. The van der Waals surface area contributed by atoms with Crippen molar-refractivity contribution in [1.29, 1.82) is 0 Å². The number of rotatable bonds is 4. The second-order valence-corrected chi connectivity index (χ2v) is 3.85. The van der Waals surface area contributed by atoms with E-state index in [4.69, 9.17) is 0 Å². The van der Waals surface area contributed by atoms with Crippen LogP contribution in [0, 0.1) is 5.82 Å². The fraction of sp³-hybridized carbons (Fsp3) is 0.455. The molecule has 0 saturated carbocycles.